The van der Waals surface area contributed by atoms with Crippen molar-refractivity contribution in [3.05, 3.63) is 35.9 Å². The van der Waals surface area contributed by atoms with E-state index in [1.54, 1.807) is 30.3 Å². The van der Waals surface area contributed by atoms with Gasteiger partial charge in [-0.3, -0.25) is 24.2 Å². The summed E-state index contributed by atoms with van der Waals surface area (Å²) in [5.41, 5.74) is 17.0. The van der Waals surface area contributed by atoms with Crippen molar-refractivity contribution in [2.45, 2.75) is 56.3 Å². The normalized spacial score (nSPS) is 13.7. The second-order valence-corrected chi connectivity index (χ2v) is 8.38. The number of amides is 3. The molecule has 0 aliphatic carbocycles. The van der Waals surface area contributed by atoms with Gasteiger partial charge in [-0.15, -0.1) is 0 Å². The zero-order chi connectivity index (χ0) is 28.7. The van der Waals surface area contributed by atoms with Crippen LogP contribution < -0.4 is 33.2 Å². The van der Waals surface area contributed by atoms with Crippen molar-refractivity contribution < 1.29 is 39.3 Å². The van der Waals surface area contributed by atoms with Crippen LogP contribution in [0.2, 0.25) is 0 Å². The van der Waals surface area contributed by atoms with Gasteiger partial charge in [-0.2, -0.15) is 0 Å². The summed E-state index contributed by atoms with van der Waals surface area (Å²) in [6, 6.07) is 3.16. The lowest BCUT2D eigenvalue weighted by Gasteiger charge is -2.25. The topological polar surface area (TPSA) is 273 Å². The van der Waals surface area contributed by atoms with Gasteiger partial charge in [0.25, 0.3) is 0 Å². The largest absolute Gasteiger partial charge is 0.481 e. The smallest absolute Gasteiger partial charge is 0.328 e. The Hall–Kier alpha value is -4.24. The molecule has 1 aromatic carbocycles. The van der Waals surface area contributed by atoms with E-state index in [4.69, 9.17) is 27.4 Å². The van der Waals surface area contributed by atoms with E-state index in [1.165, 1.54) is 0 Å². The van der Waals surface area contributed by atoms with Gasteiger partial charge >= 0.3 is 11.9 Å². The average molecular weight is 538 g/mol. The predicted octanol–water partition coefficient (Wildman–Crippen LogP) is -2.99. The van der Waals surface area contributed by atoms with Crippen LogP contribution in [0.25, 0.3) is 0 Å². The fraction of sp³-hybridized carbons (Fsp3) is 0.478. The summed E-state index contributed by atoms with van der Waals surface area (Å²) >= 11 is 0. The third kappa shape index (κ3) is 12.1. The number of guanidine groups is 1. The summed E-state index contributed by atoms with van der Waals surface area (Å²) < 4.78 is 0. The summed E-state index contributed by atoms with van der Waals surface area (Å²) in [5, 5.41) is 34.5. The van der Waals surface area contributed by atoms with Gasteiger partial charge in [0.1, 0.15) is 18.1 Å². The van der Waals surface area contributed by atoms with Crippen LogP contribution in [0, 0.1) is 0 Å². The van der Waals surface area contributed by atoms with E-state index in [1.807, 2.05) is 0 Å². The number of aliphatic hydroxyl groups is 1. The number of aliphatic imine (C=N–C) groups is 1. The molecule has 0 fully saturated rings. The van der Waals surface area contributed by atoms with Crippen LogP contribution >= 0.6 is 0 Å². The van der Waals surface area contributed by atoms with Crippen molar-refractivity contribution in [2.75, 3.05) is 13.2 Å². The van der Waals surface area contributed by atoms with Crippen LogP contribution in [-0.2, 0) is 30.4 Å². The molecule has 4 unspecified atom stereocenters. The lowest BCUT2D eigenvalue weighted by Crippen LogP contribution is -2.58. The van der Waals surface area contributed by atoms with Crippen LogP contribution in [0.5, 0.6) is 0 Å². The van der Waals surface area contributed by atoms with Gasteiger partial charge in [0.2, 0.25) is 17.7 Å². The molecule has 210 valence electrons. The van der Waals surface area contributed by atoms with Crippen LogP contribution in [0.15, 0.2) is 35.3 Å². The minimum Gasteiger partial charge on any atom is -0.481 e. The molecule has 12 N–H and O–H groups in total. The zero-order valence-corrected chi connectivity index (χ0v) is 20.7. The van der Waals surface area contributed by atoms with E-state index in [0.717, 1.165) is 0 Å². The van der Waals surface area contributed by atoms with Crippen molar-refractivity contribution in [3.8, 4) is 0 Å². The molecule has 0 spiro atoms. The van der Waals surface area contributed by atoms with Crippen LogP contribution in [0.4, 0.5) is 0 Å². The van der Waals surface area contributed by atoms with E-state index in [2.05, 4.69) is 20.9 Å². The molecule has 15 heteroatoms. The van der Waals surface area contributed by atoms with E-state index < -0.39 is 66.9 Å². The van der Waals surface area contributed by atoms with Gasteiger partial charge in [0.05, 0.1) is 12.6 Å². The molecule has 0 saturated carbocycles. The van der Waals surface area contributed by atoms with Crippen LogP contribution in [0.1, 0.15) is 31.2 Å². The minimum atomic E-state index is -1.61. The molecule has 1 rings (SSSR count). The Kier molecular flexibility index (Phi) is 13.8. The fourth-order valence-electron chi connectivity index (χ4n) is 3.26. The number of aliphatic carboxylic acids is 2. The average Bonchev–Trinajstić information content (AvgIpc) is 2.86. The number of carbonyl (C=O) groups is 5. The highest BCUT2D eigenvalue weighted by molar-refractivity contribution is 5.94. The van der Waals surface area contributed by atoms with Crippen molar-refractivity contribution in [2.24, 2.45) is 22.2 Å². The molecule has 38 heavy (non-hydrogen) atoms. The molecule has 3 amide bonds. The maximum absolute atomic E-state index is 13.1. The molecule has 1 aromatic rings. The number of carboxylic acid groups (broad SMARTS) is 2. The zero-order valence-electron chi connectivity index (χ0n) is 20.7. The Labute approximate surface area is 218 Å². The molecule has 0 aromatic heterocycles. The van der Waals surface area contributed by atoms with Gasteiger partial charge < -0.3 is 48.5 Å². The third-order valence-corrected chi connectivity index (χ3v) is 5.30. The second-order valence-electron chi connectivity index (χ2n) is 8.38. The first-order valence-corrected chi connectivity index (χ1v) is 11.8. The van der Waals surface area contributed by atoms with Gasteiger partial charge in [-0.05, 0) is 24.8 Å². The quantitative estimate of drug-likeness (QED) is 0.0548. The Morgan fingerprint density at radius 2 is 1.42 bits per heavy atom. The van der Waals surface area contributed by atoms with Gasteiger partial charge in [-0.25, -0.2) is 4.79 Å². The van der Waals surface area contributed by atoms with E-state index in [9.17, 15) is 29.1 Å². The maximum Gasteiger partial charge on any atom is 0.328 e. The molecule has 0 radical (unpaired) electrons. The summed E-state index contributed by atoms with van der Waals surface area (Å²) in [6.45, 7) is -0.654. The monoisotopic (exact) mass is 537 g/mol. The fourth-order valence-corrected chi connectivity index (χ4v) is 3.26. The molecular formula is C23H35N7O8. The first-order valence-electron chi connectivity index (χ1n) is 11.8. The molecule has 4 atom stereocenters. The SMILES string of the molecule is NC(N)=NCCCC(N)C(=O)NC(CCC(=O)O)C(=O)NC(Cc1ccccc1)C(=O)NC(CO)C(=O)O. The number of nitrogens with one attached hydrogen (secondary N) is 3. The number of nitrogens with two attached hydrogens (primary N) is 3. The lowest BCUT2D eigenvalue weighted by molar-refractivity contribution is -0.143. The Balaban J connectivity index is 3.03. The van der Waals surface area contributed by atoms with E-state index >= 15 is 0 Å². The molecule has 0 aliphatic heterocycles. The maximum atomic E-state index is 13.1. The number of carboxylic acids is 2. The van der Waals surface area contributed by atoms with E-state index in [-0.39, 0.29) is 31.8 Å². The van der Waals surface area contributed by atoms with Crippen molar-refractivity contribution >= 4 is 35.6 Å². The molecule has 15 nitrogen and oxygen atoms in total. The van der Waals surface area contributed by atoms with Crippen molar-refractivity contribution in [3.63, 3.8) is 0 Å². The molecule has 0 aliphatic rings. The number of nitrogens with zero attached hydrogens (tertiary/aromatic N) is 1. The second kappa shape index (κ2) is 16.5. The highest BCUT2D eigenvalue weighted by Crippen LogP contribution is 2.07. The standard InChI is InChI=1S/C23H35N7O8/c24-14(7-4-10-27-23(25)26)19(34)28-15(8-9-18(32)33)20(35)29-16(11-13-5-2-1-3-6-13)21(36)30-17(12-31)22(37)38/h1-3,5-6,14-17,31H,4,7-12,24H2,(H,28,34)(H,29,35)(H,30,36)(H,32,33)(H,37,38)(H4,25,26,27). The van der Waals surface area contributed by atoms with Gasteiger partial charge in [0.15, 0.2) is 5.96 Å². The Morgan fingerprint density at radius 3 is 1.97 bits per heavy atom. The highest BCUT2D eigenvalue weighted by atomic mass is 16.4. The minimum absolute atomic E-state index is 0.0555. The van der Waals surface area contributed by atoms with Crippen LogP contribution in [-0.4, -0.2) is 88.3 Å². The lowest BCUT2D eigenvalue weighted by atomic mass is 10.0. The van der Waals surface area contributed by atoms with Gasteiger partial charge in [-0.1, -0.05) is 30.3 Å². The molecule has 0 saturated heterocycles. The highest BCUT2D eigenvalue weighted by Gasteiger charge is 2.30. The summed E-state index contributed by atoms with van der Waals surface area (Å²) in [5.74, 6) is -5.31. The number of hydrogen-bond acceptors (Lipinski definition) is 8. The molecule has 0 heterocycles. The first kappa shape index (κ1) is 31.8. The van der Waals surface area contributed by atoms with Crippen LogP contribution in [0.3, 0.4) is 0 Å². The number of carbonyl (C=O) groups excluding carboxylic acids is 3. The Morgan fingerprint density at radius 1 is 0.842 bits per heavy atom. The number of rotatable bonds is 17. The Bertz CT molecular complexity index is 985. The number of hydrogen-bond donors (Lipinski definition) is 9. The van der Waals surface area contributed by atoms with Gasteiger partial charge in [0, 0.05) is 19.4 Å². The van der Waals surface area contributed by atoms with Crippen molar-refractivity contribution in [1.29, 1.82) is 0 Å². The summed E-state index contributed by atoms with van der Waals surface area (Å²) in [4.78, 5) is 64.7. The first-order chi connectivity index (χ1) is 17.9. The third-order valence-electron chi connectivity index (χ3n) is 5.30. The molecular weight excluding hydrogens is 502 g/mol. The summed E-state index contributed by atoms with van der Waals surface area (Å²) in [7, 11) is 0. The van der Waals surface area contributed by atoms with Crippen molar-refractivity contribution in [1.82, 2.24) is 16.0 Å². The molecule has 0 bridgehead atoms. The number of aliphatic hydroxyl groups excluding tert-OH is 1. The van der Waals surface area contributed by atoms with E-state index in [0.29, 0.717) is 12.0 Å². The predicted molar refractivity (Wildman–Crippen MR) is 135 cm³/mol. The summed E-state index contributed by atoms with van der Waals surface area (Å²) in [6.07, 6.45) is -0.291. The number of benzene rings is 1.